The first-order valence-electron chi connectivity index (χ1n) is 12.3. The molecule has 1 amide bonds. The van der Waals surface area contributed by atoms with E-state index in [4.69, 9.17) is 4.98 Å². The van der Waals surface area contributed by atoms with E-state index in [1.165, 1.54) is 44.9 Å². The molecule has 1 aromatic heterocycles. The number of aromatic nitrogens is 2. The average molecular weight is 413 g/mol. The first-order valence-corrected chi connectivity index (χ1v) is 12.3. The Morgan fingerprint density at radius 3 is 2.77 bits per heavy atom. The molecule has 4 heterocycles. The third-order valence-corrected chi connectivity index (χ3v) is 8.05. The van der Waals surface area contributed by atoms with Gasteiger partial charge < -0.3 is 4.90 Å². The lowest BCUT2D eigenvalue weighted by Crippen LogP contribution is -2.50. The van der Waals surface area contributed by atoms with Crippen LogP contribution in [0.1, 0.15) is 81.6 Å². The number of carbonyl (C=O) groups is 1. The van der Waals surface area contributed by atoms with Gasteiger partial charge in [-0.3, -0.25) is 19.1 Å². The zero-order valence-electron chi connectivity index (χ0n) is 18.2. The lowest BCUT2D eigenvalue weighted by molar-refractivity contribution is -0.133. The predicted molar refractivity (Wildman–Crippen MR) is 117 cm³/mol. The molecule has 0 spiro atoms. The lowest BCUT2D eigenvalue weighted by Gasteiger charge is -2.44. The third kappa shape index (κ3) is 4.08. The van der Waals surface area contributed by atoms with E-state index in [-0.39, 0.29) is 17.4 Å². The van der Waals surface area contributed by atoms with Crippen molar-refractivity contribution in [1.29, 1.82) is 0 Å². The number of amides is 1. The Labute approximate surface area is 179 Å². The molecule has 0 radical (unpaired) electrons. The van der Waals surface area contributed by atoms with Crippen molar-refractivity contribution in [3.63, 3.8) is 0 Å². The van der Waals surface area contributed by atoms with Crippen molar-refractivity contribution >= 4 is 5.91 Å². The molecule has 3 atom stereocenters. The summed E-state index contributed by atoms with van der Waals surface area (Å²) in [6.07, 6.45) is 13.1. The van der Waals surface area contributed by atoms with E-state index in [0.717, 1.165) is 69.3 Å². The van der Waals surface area contributed by atoms with E-state index in [1.54, 1.807) is 6.07 Å². The minimum Gasteiger partial charge on any atom is -0.341 e. The highest BCUT2D eigenvalue weighted by Gasteiger charge is 2.36. The molecule has 1 saturated carbocycles. The van der Waals surface area contributed by atoms with Gasteiger partial charge in [0.15, 0.2) is 0 Å². The van der Waals surface area contributed by atoms with Crippen LogP contribution < -0.4 is 5.56 Å². The summed E-state index contributed by atoms with van der Waals surface area (Å²) in [5.41, 5.74) is 1.01. The van der Waals surface area contributed by atoms with Crippen LogP contribution >= 0.6 is 0 Å². The van der Waals surface area contributed by atoms with E-state index in [1.807, 2.05) is 9.47 Å². The summed E-state index contributed by atoms with van der Waals surface area (Å²) in [5, 5.41) is 0. The van der Waals surface area contributed by atoms with Crippen molar-refractivity contribution in [2.45, 2.75) is 89.1 Å². The van der Waals surface area contributed by atoms with E-state index in [9.17, 15) is 9.59 Å². The van der Waals surface area contributed by atoms with Crippen molar-refractivity contribution in [3.05, 3.63) is 27.9 Å². The zero-order chi connectivity index (χ0) is 20.5. The van der Waals surface area contributed by atoms with Crippen LogP contribution in [0.3, 0.4) is 0 Å². The molecule has 5 rings (SSSR count). The highest BCUT2D eigenvalue weighted by molar-refractivity contribution is 5.78. The van der Waals surface area contributed by atoms with Gasteiger partial charge in [0, 0.05) is 44.1 Å². The molecule has 3 fully saturated rings. The van der Waals surface area contributed by atoms with Gasteiger partial charge in [-0.15, -0.1) is 0 Å². The summed E-state index contributed by atoms with van der Waals surface area (Å²) < 4.78 is 1.87. The third-order valence-electron chi connectivity index (χ3n) is 8.05. The van der Waals surface area contributed by atoms with Crippen molar-refractivity contribution in [2.75, 3.05) is 26.2 Å². The Kier molecular flexibility index (Phi) is 5.94. The second-order valence-electron chi connectivity index (χ2n) is 9.95. The fraction of sp³-hybridized carbons (Fsp3) is 0.792. The maximum atomic E-state index is 13.1. The molecule has 4 aliphatic rings. The second kappa shape index (κ2) is 8.81. The molecule has 0 N–H and O–H groups in total. The number of hydrogen-bond donors (Lipinski definition) is 0. The van der Waals surface area contributed by atoms with Crippen LogP contribution in [0.15, 0.2) is 10.9 Å². The number of rotatable bonds is 3. The maximum absolute atomic E-state index is 13.1. The van der Waals surface area contributed by atoms with Gasteiger partial charge >= 0.3 is 0 Å². The second-order valence-corrected chi connectivity index (χ2v) is 9.95. The average Bonchev–Trinajstić information content (AvgIpc) is 3.13. The molecular weight excluding hydrogens is 376 g/mol. The fourth-order valence-corrected chi connectivity index (χ4v) is 6.37. The number of carbonyl (C=O) groups excluding carboxylic acids is 1. The van der Waals surface area contributed by atoms with E-state index in [2.05, 4.69) is 4.90 Å². The van der Waals surface area contributed by atoms with Crippen LogP contribution in [0.25, 0.3) is 0 Å². The summed E-state index contributed by atoms with van der Waals surface area (Å²) in [6, 6.07) is 2.37. The summed E-state index contributed by atoms with van der Waals surface area (Å²) >= 11 is 0. The lowest BCUT2D eigenvalue weighted by atomic mass is 9.78. The van der Waals surface area contributed by atoms with Gasteiger partial charge in [0.1, 0.15) is 5.82 Å². The van der Waals surface area contributed by atoms with Crippen LogP contribution in [0.4, 0.5) is 0 Å². The number of fused-ring (bicyclic) bond motifs is 2. The minimum absolute atomic E-state index is 0.0957. The van der Waals surface area contributed by atoms with Gasteiger partial charge in [-0.25, -0.2) is 4.98 Å². The maximum Gasteiger partial charge on any atom is 0.253 e. The standard InChI is InChI=1S/C24H36N4O2/c29-23-15-20(25-22-10-2-1-5-13-28(22)23)19-11-14-27(16-19)24(30)17-26-12-6-8-18-7-3-4-9-21(18)26/h15,18-19,21H,1-14,16-17H2/t18-,19+,21-/m0/s1. The molecule has 164 valence electrons. The van der Waals surface area contributed by atoms with Crippen LogP contribution in [0.5, 0.6) is 0 Å². The van der Waals surface area contributed by atoms with Crippen LogP contribution in [-0.4, -0.2) is 57.5 Å². The Bertz CT molecular complexity index is 833. The number of hydrogen-bond acceptors (Lipinski definition) is 4. The number of nitrogens with zero attached hydrogens (tertiary/aromatic N) is 4. The Morgan fingerprint density at radius 2 is 1.83 bits per heavy atom. The van der Waals surface area contributed by atoms with E-state index in [0.29, 0.717) is 12.6 Å². The summed E-state index contributed by atoms with van der Waals surface area (Å²) in [6.45, 7) is 3.97. The minimum atomic E-state index is 0.0957. The molecule has 1 aromatic rings. The smallest absolute Gasteiger partial charge is 0.253 e. The monoisotopic (exact) mass is 412 g/mol. The Morgan fingerprint density at radius 1 is 0.967 bits per heavy atom. The van der Waals surface area contributed by atoms with E-state index >= 15 is 0 Å². The normalized spacial score (nSPS) is 29.9. The highest BCUT2D eigenvalue weighted by Crippen LogP contribution is 2.35. The highest BCUT2D eigenvalue weighted by atomic mass is 16.2. The van der Waals surface area contributed by atoms with Gasteiger partial charge in [-0.1, -0.05) is 19.3 Å². The molecule has 2 saturated heterocycles. The van der Waals surface area contributed by atoms with Crippen molar-refractivity contribution < 1.29 is 4.79 Å². The number of piperidine rings is 1. The van der Waals surface area contributed by atoms with Gasteiger partial charge in [0.05, 0.1) is 12.2 Å². The molecule has 6 nitrogen and oxygen atoms in total. The summed E-state index contributed by atoms with van der Waals surface area (Å²) in [5.74, 6) is 2.25. The van der Waals surface area contributed by atoms with Gasteiger partial charge in [-0.05, 0) is 57.4 Å². The molecule has 30 heavy (non-hydrogen) atoms. The van der Waals surface area contributed by atoms with Crippen molar-refractivity contribution in [3.8, 4) is 0 Å². The quantitative estimate of drug-likeness (QED) is 0.766. The topological polar surface area (TPSA) is 58.4 Å². The Balaban J connectivity index is 1.23. The van der Waals surface area contributed by atoms with Crippen LogP contribution in [0, 0.1) is 5.92 Å². The molecular formula is C24H36N4O2. The zero-order valence-corrected chi connectivity index (χ0v) is 18.2. The van der Waals surface area contributed by atoms with Crippen molar-refractivity contribution in [1.82, 2.24) is 19.4 Å². The molecule has 1 aliphatic carbocycles. The van der Waals surface area contributed by atoms with E-state index < -0.39 is 0 Å². The Hall–Kier alpha value is -1.69. The summed E-state index contributed by atoms with van der Waals surface area (Å²) in [7, 11) is 0. The summed E-state index contributed by atoms with van der Waals surface area (Å²) in [4.78, 5) is 35.2. The molecule has 6 heteroatoms. The molecule has 0 unspecified atom stereocenters. The molecule has 3 aliphatic heterocycles. The first kappa shape index (κ1) is 20.2. The van der Waals surface area contributed by atoms with Gasteiger partial charge in [0.2, 0.25) is 5.91 Å². The number of aryl methyl sites for hydroxylation is 1. The fourth-order valence-electron chi connectivity index (χ4n) is 6.37. The van der Waals surface area contributed by atoms with Gasteiger partial charge in [0.25, 0.3) is 5.56 Å². The predicted octanol–water partition coefficient (Wildman–Crippen LogP) is 2.94. The van der Waals surface area contributed by atoms with Crippen molar-refractivity contribution in [2.24, 2.45) is 5.92 Å². The van der Waals surface area contributed by atoms with Crippen LogP contribution in [-0.2, 0) is 17.8 Å². The number of likely N-dealkylation sites (tertiary alicyclic amines) is 2. The van der Waals surface area contributed by atoms with Crippen LogP contribution in [0.2, 0.25) is 0 Å². The van der Waals surface area contributed by atoms with Gasteiger partial charge in [-0.2, -0.15) is 0 Å². The first-order chi connectivity index (χ1) is 14.7. The molecule has 0 bridgehead atoms. The SMILES string of the molecule is O=C(CN1CCC[C@@H]2CCCC[C@@H]21)N1CC[C@@H](c2cc(=O)n3c(n2)CCCCC3)C1. The largest absolute Gasteiger partial charge is 0.341 e. The molecule has 0 aromatic carbocycles.